The monoisotopic (exact) mass is 402 g/mol. The highest BCUT2D eigenvalue weighted by Gasteiger charge is 2.46. The summed E-state index contributed by atoms with van der Waals surface area (Å²) >= 11 is 0. The molecule has 0 aromatic heterocycles. The molecule has 1 fully saturated rings. The van der Waals surface area contributed by atoms with Crippen LogP contribution in [0.3, 0.4) is 0 Å². The fraction of sp³-hybridized carbons (Fsp3) is 0.300. The number of morpholine rings is 1. The van der Waals surface area contributed by atoms with Gasteiger partial charge in [0.05, 0.1) is 10.9 Å². The van der Waals surface area contributed by atoms with Gasteiger partial charge in [0.1, 0.15) is 5.54 Å². The number of nitrogens with one attached hydrogen (secondary N) is 2. The molecule has 148 valence electrons. The smallest absolute Gasteiger partial charge is 0.332 e. The largest absolute Gasteiger partial charge is 0.448 e. The van der Waals surface area contributed by atoms with E-state index in [0.29, 0.717) is 5.56 Å². The lowest BCUT2D eigenvalue weighted by Crippen LogP contribution is -2.62. The molecule has 1 aliphatic rings. The summed E-state index contributed by atoms with van der Waals surface area (Å²) in [5.74, 6) is -1.20. The van der Waals surface area contributed by atoms with Gasteiger partial charge in [-0.2, -0.15) is 4.72 Å². The summed E-state index contributed by atoms with van der Waals surface area (Å²) in [6.45, 7) is 4.90. The number of cyclic esters (lactones) is 1. The molecule has 0 radical (unpaired) electrons. The molecule has 1 amide bonds. The molecule has 28 heavy (non-hydrogen) atoms. The van der Waals surface area contributed by atoms with Crippen LogP contribution in [0.4, 0.5) is 0 Å². The average molecular weight is 402 g/mol. The molecule has 1 aliphatic heterocycles. The van der Waals surface area contributed by atoms with Crippen LogP contribution in [0.5, 0.6) is 0 Å². The maximum absolute atomic E-state index is 12.9. The number of carbonyl (C=O) groups excluding carboxylic acids is 2. The van der Waals surface area contributed by atoms with E-state index in [0.717, 1.165) is 5.56 Å². The van der Waals surface area contributed by atoms with Gasteiger partial charge in [0.2, 0.25) is 16.1 Å². The van der Waals surface area contributed by atoms with Gasteiger partial charge in [0, 0.05) is 0 Å². The molecule has 8 heteroatoms. The molecule has 2 aromatic carbocycles. The lowest BCUT2D eigenvalue weighted by atomic mass is 9.97. The number of hydrogen-bond donors (Lipinski definition) is 2. The van der Waals surface area contributed by atoms with Gasteiger partial charge in [-0.05, 0) is 38.5 Å². The van der Waals surface area contributed by atoms with Crippen molar-refractivity contribution >= 4 is 21.9 Å². The van der Waals surface area contributed by atoms with Crippen LogP contribution < -0.4 is 10.0 Å². The molecule has 7 nitrogen and oxygen atoms in total. The molecule has 1 heterocycles. The van der Waals surface area contributed by atoms with Gasteiger partial charge in [-0.25, -0.2) is 13.2 Å². The van der Waals surface area contributed by atoms with Gasteiger partial charge in [-0.15, -0.1) is 0 Å². The van der Waals surface area contributed by atoms with Crippen LogP contribution in [0.2, 0.25) is 0 Å². The van der Waals surface area contributed by atoms with Crippen LogP contribution in [0.15, 0.2) is 59.5 Å². The SMILES string of the molecule is Cc1ccc(S(=O)(=O)NC(c2ccccc2)C2OC(=O)C(C)(C)NC2=O)cc1. The predicted molar refractivity (Wildman–Crippen MR) is 103 cm³/mol. The Morgan fingerprint density at radius 2 is 1.64 bits per heavy atom. The summed E-state index contributed by atoms with van der Waals surface area (Å²) < 4.78 is 33.7. The highest BCUT2D eigenvalue weighted by Crippen LogP contribution is 2.27. The Morgan fingerprint density at radius 1 is 1.04 bits per heavy atom. The molecule has 3 rings (SSSR count). The quantitative estimate of drug-likeness (QED) is 0.743. The third-order valence-electron chi connectivity index (χ3n) is 4.51. The van der Waals surface area contributed by atoms with E-state index < -0.39 is 39.6 Å². The van der Waals surface area contributed by atoms with Crippen LogP contribution in [-0.2, 0) is 24.3 Å². The van der Waals surface area contributed by atoms with E-state index in [1.54, 1.807) is 42.5 Å². The van der Waals surface area contributed by atoms with Gasteiger partial charge < -0.3 is 10.1 Å². The van der Waals surface area contributed by atoms with Crippen molar-refractivity contribution in [3.05, 3.63) is 65.7 Å². The molecule has 0 aliphatic carbocycles. The molecule has 0 bridgehead atoms. The fourth-order valence-corrected chi connectivity index (χ4v) is 4.11. The van der Waals surface area contributed by atoms with Crippen molar-refractivity contribution in [3.8, 4) is 0 Å². The topological polar surface area (TPSA) is 102 Å². The number of benzene rings is 2. The van der Waals surface area contributed by atoms with E-state index in [4.69, 9.17) is 4.74 Å². The summed E-state index contributed by atoms with van der Waals surface area (Å²) in [5.41, 5.74) is 0.247. The van der Waals surface area contributed by atoms with Gasteiger partial charge in [-0.1, -0.05) is 48.0 Å². The zero-order valence-electron chi connectivity index (χ0n) is 15.8. The highest BCUT2D eigenvalue weighted by molar-refractivity contribution is 7.89. The van der Waals surface area contributed by atoms with Crippen molar-refractivity contribution in [2.45, 2.75) is 43.4 Å². The Hall–Kier alpha value is -2.71. The van der Waals surface area contributed by atoms with Crippen LogP contribution in [0.25, 0.3) is 0 Å². The Labute approximate surface area is 164 Å². The number of amides is 1. The average Bonchev–Trinajstić information content (AvgIpc) is 2.64. The van der Waals surface area contributed by atoms with Crippen molar-refractivity contribution in [1.82, 2.24) is 10.0 Å². The minimum Gasteiger partial charge on any atom is -0.448 e. The predicted octanol–water partition coefficient (Wildman–Crippen LogP) is 1.83. The molecular formula is C20H22N2O5S. The second kappa shape index (κ2) is 7.37. The van der Waals surface area contributed by atoms with Crippen LogP contribution in [-0.4, -0.2) is 31.9 Å². The second-order valence-electron chi connectivity index (χ2n) is 7.26. The van der Waals surface area contributed by atoms with E-state index in [9.17, 15) is 18.0 Å². The second-order valence-corrected chi connectivity index (χ2v) is 8.98. The standard InChI is InChI=1S/C20H22N2O5S/c1-13-9-11-15(12-10-13)28(25,26)22-16(14-7-5-4-6-8-14)17-18(23)21-20(2,3)19(24)27-17/h4-12,16-17,22H,1-3H3,(H,21,23). The summed E-state index contributed by atoms with van der Waals surface area (Å²) in [6, 6.07) is 13.8. The van der Waals surface area contributed by atoms with Crippen molar-refractivity contribution in [2.75, 3.05) is 0 Å². The highest BCUT2D eigenvalue weighted by atomic mass is 32.2. The minimum absolute atomic E-state index is 0.0573. The molecule has 0 saturated carbocycles. The number of esters is 1. The first-order valence-corrected chi connectivity index (χ1v) is 10.3. The van der Waals surface area contributed by atoms with Gasteiger partial charge in [-0.3, -0.25) is 4.79 Å². The number of carbonyl (C=O) groups is 2. The normalized spacial score (nSPS) is 20.2. The van der Waals surface area contributed by atoms with Gasteiger partial charge in [0.15, 0.2) is 0 Å². The number of rotatable bonds is 5. The first-order valence-electron chi connectivity index (χ1n) is 8.77. The lowest BCUT2D eigenvalue weighted by Gasteiger charge is -2.37. The summed E-state index contributed by atoms with van der Waals surface area (Å²) in [5, 5.41) is 2.59. The molecule has 2 unspecified atom stereocenters. The van der Waals surface area contributed by atoms with Crippen LogP contribution in [0, 0.1) is 6.92 Å². The van der Waals surface area contributed by atoms with Crippen molar-refractivity contribution in [3.63, 3.8) is 0 Å². The Balaban J connectivity index is 1.98. The Bertz CT molecular complexity index is 985. The van der Waals surface area contributed by atoms with Crippen LogP contribution >= 0.6 is 0 Å². The lowest BCUT2D eigenvalue weighted by molar-refractivity contribution is -0.172. The van der Waals surface area contributed by atoms with E-state index >= 15 is 0 Å². The number of aryl methyl sites for hydroxylation is 1. The molecule has 2 atom stereocenters. The van der Waals surface area contributed by atoms with Crippen molar-refractivity contribution in [1.29, 1.82) is 0 Å². The van der Waals surface area contributed by atoms with E-state index in [1.165, 1.54) is 26.0 Å². The minimum atomic E-state index is -3.96. The molecule has 0 spiro atoms. The maximum atomic E-state index is 12.9. The maximum Gasteiger partial charge on any atom is 0.332 e. The van der Waals surface area contributed by atoms with Crippen molar-refractivity contribution in [2.24, 2.45) is 0 Å². The molecule has 1 saturated heterocycles. The summed E-state index contributed by atoms with van der Waals surface area (Å²) in [7, 11) is -3.96. The number of hydrogen-bond acceptors (Lipinski definition) is 5. The zero-order valence-corrected chi connectivity index (χ0v) is 16.6. The summed E-state index contributed by atoms with van der Waals surface area (Å²) in [4.78, 5) is 24.9. The molecule has 2 N–H and O–H groups in total. The Morgan fingerprint density at radius 3 is 2.25 bits per heavy atom. The van der Waals surface area contributed by atoms with Crippen LogP contribution in [0.1, 0.15) is 31.0 Å². The molecular weight excluding hydrogens is 380 g/mol. The van der Waals surface area contributed by atoms with Crippen molar-refractivity contribution < 1.29 is 22.7 Å². The third-order valence-corrected chi connectivity index (χ3v) is 5.97. The Kier molecular flexibility index (Phi) is 5.27. The van der Waals surface area contributed by atoms with Gasteiger partial charge in [0.25, 0.3) is 5.91 Å². The fourth-order valence-electron chi connectivity index (χ4n) is 2.88. The number of sulfonamides is 1. The van der Waals surface area contributed by atoms with E-state index in [2.05, 4.69) is 10.0 Å². The van der Waals surface area contributed by atoms with E-state index in [1.807, 2.05) is 6.92 Å². The first-order chi connectivity index (χ1) is 13.1. The third kappa shape index (κ3) is 4.07. The zero-order chi connectivity index (χ0) is 20.5. The van der Waals surface area contributed by atoms with E-state index in [-0.39, 0.29) is 4.90 Å². The first kappa shape index (κ1) is 20.0. The summed E-state index contributed by atoms with van der Waals surface area (Å²) in [6.07, 6.45) is -1.33. The van der Waals surface area contributed by atoms with Gasteiger partial charge >= 0.3 is 5.97 Å². The number of ether oxygens (including phenoxy) is 1. The molecule has 2 aromatic rings.